The predicted molar refractivity (Wildman–Crippen MR) is 67.5 cm³/mol. The van der Waals surface area contributed by atoms with Crippen molar-refractivity contribution in [3.05, 3.63) is 0 Å². The molecule has 0 aromatic carbocycles. The molecular weight excluding hydrogens is 226 g/mol. The largest absolute Gasteiger partial charge is 0.380 e. The van der Waals surface area contributed by atoms with E-state index < -0.39 is 9.84 Å². The Morgan fingerprint density at radius 1 is 1.12 bits per heavy atom. The maximum absolute atomic E-state index is 11.4. The molecule has 0 radical (unpaired) electrons. The normalized spacial score (nSPS) is 12.6. The van der Waals surface area contributed by atoms with E-state index in [2.05, 4.69) is 19.2 Å². The van der Waals surface area contributed by atoms with Crippen molar-refractivity contribution in [2.75, 3.05) is 25.5 Å². The van der Waals surface area contributed by atoms with Gasteiger partial charge in [0.15, 0.2) is 9.84 Å². The van der Waals surface area contributed by atoms with Gasteiger partial charge in [0.05, 0.1) is 17.6 Å². The Balaban J connectivity index is 3.41. The molecular formula is C11H25NO3S. The molecule has 0 spiro atoms. The van der Waals surface area contributed by atoms with Crippen molar-refractivity contribution >= 4 is 9.84 Å². The Morgan fingerprint density at radius 3 is 2.25 bits per heavy atom. The zero-order valence-electron chi connectivity index (χ0n) is 10.8. The van der Waals surface area contributed by atoms with Crippen LogP contribution in [0.5, 0.6) is 0 Å². The molecule has 0 fully saturated rings. The van der Waals surface area contributed by atoms with Crippen molar-refractivity contribution in [1.29, 1.82) is 0 Å². The minimum atomic E-state index is -2.95. The minimum Gasteiger partial charge on any atom is -0.380 e. The molecule has 0 atom stereocenters. The lowest BCUT2D eigenvalue weighted by molar-refractivity contribution is 0.145. The molecule has 0 aromatic rings. The molecule has 1 N–H and O–H groups in total. The van der Waals surface area contributed by atoms with Crippen LogP contribution in [-0.2, 0) is 14.6 Å². The van der Waals surface area contributed by atoms with Crippen molar-refractivity contribution in [2.45, 2.75) is 45.4 Å². The van der Waals surface area contributed by atoms with E-state index in [-0.39, 0.29) is 11.0 Å². The second-order valence-corrected chi connectivity index (χ2v) is 7.17. The average Bonchev–Trinajstić information content (AvgIpc) is 2.15. The van der Waals surface area contributed by atoms with Gasteiger partial charge in [-0.05, 0) is 26.8 Å². The summed E-state index contributed by atoms with van der Waals surface area (Å²) >= 11 is 0. The third-order valence-corrected chi connectivity index (χ3v) is 4.42. The lowest BCUT2D eigenvalue weighted by Gasteiger charge is -2.09. The maximum Gasteiger partial charge on any atom is 0.154 e. The van der Waals surface area contributed by atoms with Crippen LogP contribution in [0.2, 0.25) is 0 Å². The van der Waals surface area contributed by atoms with E-state index in [1.54, 1.807) is 13.8 Å². The molecule has 0 aliphatic carbocycles. The Kier molecular flexibility index (Phi) is 7.97. The van der Waals surface area contributed by atoms with Crippen LogP contribution in [-0.4, -0.2) is 45.2 Å². The molecule has 4 nitrogen and oxygen atoms in total. The predicted octanol–water partition coefficient (Wildman–Crippen LogP) is 1.21. The first-order valence-electron chi connectivity index (χ1n) is 5.89. The van der Waals surface area contributed by atoms with E-state index in [1.807, 2.05) is 0 Å². The standard InChI is InChI=1S/C11H25NO3S/c1-10(2)12-6-5-7-15-8-9-16(13,14)11(3)4/h10-12H,5-9H2,1-4H3. The number of rotatable bonds is 9. The Bertz CT molecular complexity index is 260. The highest BCUT2D eigenvalue weighted by molar-refractivity contribution is 7.91. The van der Waals surface area contributed by atoms with Gasteiger partial charge < -0.3 is 10.1 Å². The molecule has 0 saturated carbocycles. The Morgan fingerprint density at radius 2 is 1.75 bits per heavy atom. The van der Waals surface area contributed by atoms with E-state index in [1.165, 1.54) is 0 Å². The summed E-state index contributed by atoms with van der Waals surface area (Å²) in [5.41, 5.74) is 0. The fourth-order valence-corrected chi connectivity index (χ4v) is 1.90. The van der Waals surface area contributed by atoms with Crippen LogP contribution in [0.3, 0.4) is 0 Å². The van der Waals surface area contributed by atoms with Crippen LogP contribution >= 0.6 is 0 Å². The zero-order valence-corrected chi connectivity index (χ0v) is 11.6. The van der Waals surface area contributed by atoms with Crippen LogP contribution in [0.4, 0.5) is 0 Å². The zero-order chi connectivity index (χ0) is 12.6. The fourth-order valence-electron chi connectivity index (χ4n) is 1.08. The van der Waals surface area contributed by atoms with Gasteiger partial charge in [0.1, 0.15) is 0 Å². The van der Waals surface area contributed by atoms with Crippen molar-refractivity contribution in [3.8, 4) is 0 Å². The maximum atomic E-state index is 11.4. The summed E-state index contributed by atoms with van der Waals surface area (Å²) in [6.07, 6.45) is 0.917. The van der Waals surface area contributed by atoms with Crippen LogP contribution in [0.25, 0.3) is 0 Å². The van der Waals surface area contributed by atoms with E-state index in [4.69, 9.17) is 4.74 Å². The average molecular weight is 251 g/mol. The molecule has 98 valence electrons. The topological polar surface area (TPSA) is 55.4 Å². The van der Waals surface area contributed by atoms with Gasteiger partial charge >= 0.3 is 0 Å². The van der Waals surface area contributed by atoms with Crippen LogP contribution < -0.4 is 5.32 Å². The van der Waals surface area contributed by atoms with Crippen molar-refractivity contribution in [1.82, 2.24) is 5.32 Å². The summed E-state index contributed by atoms with van der Waals surface area (Å²) in [5.74, 6) is 0.127. The lowest BCUT2D eigenvalue weighted by atomic mass is 10.3. The molecule has 0 unspecified atom stereocenters. The van der Waals surface area contributed by atoms with Gasteiger partial charge in [-0.25, -0.2) is 8.42 Å². The molecule has 0 heterocycles. The van der Waals surface area contributed by atoms with Gasteiger partial charge in [0, 0.05) is 12.6 Å². The first kappa shape index (κ1) is 15.9. The number of sulfone groups is 1. The van der Waals surface area contributed by atoms with Gasteiger partial charge in [0.2, 0.25) is 0 Å². The van der Waals surface area contributed by atoms with Gasteiger partial charge in [-0.2, -0.15) is 0 Å². The van der Waals surface area contributed by atoms with E-state index in [0.29, 0.717) is 19.3 Å². The molecule has 0 saturated heterocycles. The van der Waals surface area contributed by atoms with E-state index >= 15 is 0 Å². The Hall–Kier alpha value is -0.130. The third kappa shape index (κ3) is 8.07. The number of ether oxygens (including phenoxy) is 1. The molecule has 5 heteroatoms. The molecule has 16 heavy (non-hydrogen) atoms. The van der Waals surface area contributed by atoms with E-state index in [0.717, 1.165) is 13.0 Å². The van der Waals surface area contributed by atoms with Gasteiger partial charge in [-0.3, -0.25) is 0 Å². The highest BCUT2D eigenvalue weighted by Crippen LogP contribution is 2.00. The smallest absolute Gasteiger partial charge is 0.154 e. The van der Waals surface area contributed by atoms with Crippen molar-refractivity contribution < 1.29 is 13.2 Å². The van der Waals surface area contributed by atoms with Crippen LogP contribution in [0, 0.1) is 0 Å². The quantitative estimate of drug-likeness (QED) is 0.626. The molecule has 0 rings (SSSR count). The molecule has 0 aliphatic heterocycles. The molecule has 0 bridgehead atoms. The summed E-state index contributed by atoms with van der Waals surface area (Å²) in [4.78, 5) is 0. The van der Waals surface area contributed by atoms with Crippen LogP contribution in [0.15, 0.2) is 0 Å². The molecule has 0 amide bonds. The number of nitrogens with one attached hydrogen (secondary N) is 1. The van der Waals surface area contributed by atoms with Crippen molar-refractivity contribution in [2.24, 2.45) is 0 Å². The summed E-state index contributed by atoms with van der Waals surface area (Å²) < 4.78 is 28.1. The molecule has 0 aliphatic rings. The highest BCUT2D eigenvalue weighted by atomic mass is 32.2. The fraction of sp³-hybridized carbons (Fsp3) is 1.00. The second kappa shape index (κ2) is 8.03. The van der Waals surface area contributed by atoms with Gasteiger partial charge in [0.25, 0.3) is 0 Å². The van der Waals surface area contributed by atoms with E-state index in [9.17, 15) is 8.42 Å². The molecule has 0 aromatic heterocycles. The summed E-state index contributed by atoms with van der Waals surface area (Å²) in [6, 6.07) is 0.487. The lowest BCUT2D eigenvalue weighted by Crippen LogP contribution is -2.25. The van der Waals surface area contributed by atoms with Gasteiger partial charge in [-0.1, -0.05) is 13.8 Å². The second-order valence-electron chi connectivity index (χ2n) is 4.49. The monoisotopic (exact) mass is 251 g/mol. The summed E-state index contributed by atoms with van der Waals surface area (Å²) in [7, 11) is -2.95. The first-order valence-corrected chi connectivity index (χ1v) is 7.60. The third-order valence-electron chi connectivity index (χ3n) is 2.25. The van der Waals surface area contributed by atoms with Gasteiger partial charge in [-0.15, -0.1) is 0 Å². The number of hydrogen-bond acceptors (Lipinski definition) is 4. The number of hydrogen-bond donors (Lipinski definition) is 1. The highest BCUT2D eigenvalue weighted by Gasteiger charge is 2.15. The van der Waals surface area contributed by atoms with Crippen molar-refractivity contribution in [3.63, 3.8) is 0 Å². The summed E-state index contributed by atoms with van der Waals surface area (Å²) in [6.45, 7) is 9.42. The summed E-state index contributed by atoms with van der Waals surface area (Å²) in [5, 5.41) is 2.97. The minimum absolute atomic E-state index is 0.127. The Labute approximate surface area is 99.7 Å². The van der Waals surface area contributed by atoms with Crippen LogP contribution in [0.1, 0.15) is 34.1 Å². The first-order chi connectivity index (χ1) is 7.36. The SMILES string of the molecule is CC(C)NCCCOCCS(=O)(=O)C(C)C.